The van der Waals surface area contributed by atoms with Crippen LogP contribution in [0.1, 0.15) is 79.2 Å². The second-order valence-electron chi connectivity index (χ2n) is 11.6. The highest BCUT2D eigenvalue weighted by atomic mass is 16.6. The molecular formula is C29H45N5O8. The van der Waals surface area contributed by atoms with E-state index >= 15 is 0 Å². The standard InChI is InChI=1S/C29H45N5O8/c1-28(2,3)41-26(39)33-25(30)34(27(40)42-29(4,5)6)18-11-10-17-31-24(38)21(19-20-13-8-7-9-14-20)32-22(35)15-12-16-23(36)37/h7-9,13-14,21H,10-12,15-19H2,1-6H3,(H,31,38)(H,32,35)(H,36,37)(H2,30,33,39). The monoisotopic (exact) mass is 591 g/mol. The van der Waals surface area contributed by atoms with Crippen molar-refractivity contribution in [1.82, 2.24) is 15.5 Å². The van der Waals surface area contributed by atoms with Gasteiger partial charge in [0.15, 0.2) is 0 Å². The Bertz CT molecular complexity index is 1090. The molecule has 1 aromatic rings. The van der Waals surface area contributed by atoms with Crippen LogP contribution < -0.4 is 16.4 Å². The Labute approximate surface area is 247 Å². The van der Waals surface area contributed by atoms with E-state index in [2.05, 4.69) is 15.6 Å². The van der Waals surface area contributed by atoms with Crippen LogP contribution in [0.25, 0.3) is 0 Å². The summed E-state index contributed by atoms with van der Waals surface area (Å²) < 4.78 is 10.5. The summed E-state index contributed by atoms with van der Waals surface area (Å²) >= 11 is 0. The number of carboxylic acids is 1. The number of nitrogens with zero attached hydrogens (tertiary/aromatic N) is 2. The first kappa shape index (κ1) is 35.9. The predicted molar refractivity (Wildman–Crippen MR) is 157 cm³/mol. The van der Waals surface area contributed by atoms with Gasteiger partial charge in [0.25, 0.3) is 0 Å². The largest absolute Gasteiger partial charge is 0.481 e. The van der Waals surface area contributed by atoms with Crippen LogP contribution in [-0.4, -0.2) is 76.3 Å². The van der Waals surface area contributed by atoms with Crippen LogP contribution in [0.4, 0.5) is 9.59 Å². The van der Waals surface area contributed by atoms with E-state index in [-0.39, 0.29) is 44.7 Å². The Kier molecular flexibility index (Phi) is 14.5. The summed E-state index contributed by atoms with van der Waals surface area (Å²) in [5, 5.41) is 14.3. The molecule has 0 aliphatic heterocycles. The van der Waals surface area contributed by atoms with Crippen LogP contribution in [0.15, 0.2) is 35.3 Å². The average Bonchev–Trinajstić information content (AvgIpc) is 2.83. The summed E-state index contributed by atoms with van der Waals surface area (Å²) in [7, 11) is 0. The number of benzene rings is 1. The average molecular weight is 592 g/mol. The fourth-order valence-electron chi connectivity index (χ4n) is 3.51. The Morgan fingerprint density at radius 2 is 1.55 bits per heavy atom. The van der Waals surface area contributed by atoms with E-state index < -0.39 is 47.2 Å². The highest BCUT2D eigenvalue weighted by Gasteiger charge is 2.26. The maximum Gasteiger partial charge on any atom is 0.437 e. The predicted octanol–water partition coefficient (Wildman–Crippen LogP) is 3.35. The number of unbranched alkanes of at least 4 members (excludes halogenated alkanes) is 1. The molecule has 1 rings (SSSR count). The first-order valence-corrected chi connectivity index (χ1v) is 13.9. The highest BCUT2D eigenvalue weighted by Crippen LogP contribution is 2.12. The molecule has 0 bridgehead atoms. The number of hydrogen-bond acceptors (Lipinski definition) is 7. The topological polar surface area (TPSA) is 190 Å². The van der Waals surface area contributed by atoms with Gasteiger partial charge in [0, 0.05) is 32.4 Å². The third-order valence-electron chi connectivity index (χ3n) is 5.33. The van der Waals surface area contributed by atoms with Crippen LogP contribution >= 0.6 is 0 Å². The normalized spacial score (nSPS) is 12.6. The summed E-state index contributed by atoms with van der Waals surface area (Å²) in [6, 6.07) is 8.31. The highest BCUT2D eigenvalue weighted by molar-refractivity contribution is 5.98. The van der Waals surface area contributed by atoms with Crippen molar-refractivity contribution in [2.24, 2.45) is 10.7 Å². The van der Waals surface area contributed by atoms with Gasteiger partial charge in [0.1, 0.15) is 17.2 Å². The third kappa shape index (κ3) is 16.2. The number of carbonyl (C=O) groups excluding carboxylic acids is 4. The minimum absolute atomic E-state index is 0.0162. The van der Waals surface area contributed by atoms with Crippen LogP contribution in [0, 0.1) is 0 Å². The molecule has 1 aromatic carbocycles. The van der Waals surface area contributed by atoms with E-state index in [1.807, 2.05) is 30.3 Å². The van der Waals surface area contributed by atoms with Crippen molar-refractivity contribution < 1.29 is 38.6 Å². The molecular weight excluding hydrogens is 546 g/mol. The van der Waals surface area contributed by atoms with Gasteiger partial charge in [0.2, 0.25) is 17.8 Å². The number of carbonyl (C=O) groups is 5. The zero-order chi connectivity index (χ0) is 31.9. The molecule has 0 aromatic heterocycles. The Morgan fingerprint density at radius 1 is 0.929 bits per heavy atom. The summed E-state index contributed by atoms with van der Waals surface area (Å²) in [4.78, 5) is 65.7. The van der Waals surface area contributed by atoms with Gasteiger partial charge in [-0.25, -0.2) is 14.5 Å². The third-order valence-corrected chi connectivity index (χ3v) is 5.33. The molecule has 13 nitrogen and oxygen atoms in total. The molecule has 1 unspecified atom stereocenters. The number of aliphatic imine (C=N–C) groups is 1. The molecule has 1 atom stereocenters. The van der Waals surface area contributed by atoms with Gasteiger partial charge in [-0.05, 0) is 66.4 Å². The number of amides is 4. The molecule has 13 heteroatoms. The Morgan fingerprint density at radius 3 is 2.12 bits per heavy atom. The van der Waals surface area contributed by atoms with E-state index in [0.717, 1.165) is 10.5 Å². The van der Waals surface area contributed by atoms with Gasteiger partial charge < -0.3 is 30.9 Å². The van der Waals surface area contributed by atoms with Gasteiger partial charge in [-0.15, -0.1) is 4.99 Å². The molecule has 4 amide bonds. The number of guanidine groups is 1. The molecule has 0 aliphatic carbocycles. The second kappa shape index (κ2) is 16.9. The zero-order valence-electron chi connectivity index (χ0n) is 25.4. The lowest BCUT2D eigenvalue weighted by Gasteiger charge is -2.27. The maximum absolute atomic E-state index is 13.0. The molecule has 5 N–H and O–H groups in total. The SMILES string of the molecule is CC(C)(C)OC(=O)N=C(N)N(CCCCNC(=O)C(Cc1ccccc1)NC(=O)CCCC(=O)O)C(=O)OC(C)(C)C. The van der Waals surface area contributed by atoms with Crippen molar-refractivity contribution in [3.63, 3.8) is 0 Å². The van der Waals surface area contributed by atoms with Gasteiger partial charge in [-0.2, -0.15) is 0 Å². The van der Waals surface area contributed by atoms with Crippen LogP contribution in [0.5, 0.6) is 0 Å². The minimum Gasteiger partial charge on any atom is -0.481 e. The summed E-state index contributed by atoms with van der Waals surface area (Å²) in [6.07, 6.45) is -0.685. The van der Waals surface area contributed by atoms with Crippen LogP contribution in [-0.2, 0) is 30.3 Å². The van der Waals surface area contributed by atoms with Gasteiger partial charge in [-0.3, -0.25) is 14.4 Å². The first-order valence-electron chi connectivity index (χ1n) is 13.9. The smallest absolute Gasteiger partial charge is 0.437 e. The first-order chi connectivity index (χ1) is 19.5. The van der Waals surface area contributed by atoms with E-state index in [1.54, 1.807) is 41.5 Å². The lowest BCUT2D eigenvalue weighted by molar-refractivity contribution is -0.137. The lowest BCUT2D eigenvalue weighted by Crippen LogP contribution is -2.48. The fraction of sp³-hybridized carbons (Fsp3) is 0.586. The molecule has 0 fully saturated rings. The fourth-order valence-corrected chi connectivity index (χ4v) is 3.51. The number of hydrogen-bond donors (Lipinski definition) is 4. The maximum atomic E-state index is 13.0. The van der Waals surface area contributed by atoms with Gasteiger partial charge in [0.05, 0.1) is 0 Å². The van der Waals surface area contributed by atoms with Crippen LogP contribution in [0.2, 0.25) is 0 Å². The quantitative estimate of drug-likeness (QED) is 0.151. The molecule has 0 saturated carbocycles. The van der Waals surface area contributed by atoms with Crippen molar-refractivity contribution in [2.45, 2.75) is 97.3 Å². The van der Waals surface area contributed by atoms with Gasteiger partial charge in [-0.1, -0.05) is 30.3 Å². The van der Waals surface area contributed by atoms with Crippen LogP contribution in [0.3, 0.4) is 0 Å². The molecule has 0 spiro atoms. The molecule has 0 heterocycles. The Hall–Kier alpha value is -4.16. The summed E-state index contributed by atoms with van der Waals surface area (Å²) in [5.74, 6) is -2.19. The van der Waals surface area contributed by atoms with E-state index in [4.69, 9.17) is 20.3 Å². The molecule has 0 saturated heterocycles. The van der Waals surface area contributed by atoms with Crippen molar-refractivity contribution in [2.75, 3.05) is 13.1 Å². The van der Waals surface area contributed by atoms with Crippen molar-refractivity contribution in [1.29, 1.82) is 0 Å². The second-order valence-corrected chi connectivity index (χ2v) is 11.6. The zero-order valence-corrected chi connectivity index (χ0v) is 25.4. The number of carboxylic acid groups (broad SMARTS) is 1. The molecule has 234 valence electrons. The van der Waals surface area contributed by atoms with E-state index in [1.165, 1.54) is 0 Å². The van der Waals surface area contributed by atoms with Gasteiger partial charge >= 0.3 is 18.2 Å². The number of nitrogens with two attached hydrogens (primary N) is 1. The van der Waals surface area contributed by atoms with Crippen molar-refractivity contribution >= 4 is 35.9 Å². The van der Waals surface area contributed by atoms with Crippen molar-refractivity contribution in [3.05, 3.63) is 35.9 Å². The number of aliphatic carboxylic acids is 1. The molecule has 42 heavy (non-hydrogen) atoms. The Balaban J connectivity index is 2.80. The van der Waals surface area contributed by atoms with Crippen molar-refractivity contribution in [3.8, 4) is 0 Å². The summed E-state index contributed by atoms with van der Waals surface area (Å²) in [6.45, 7) is 10.4. The lowest BCUT2D eigenvalue weighted by atomic mass is 10.0. The number of rotatable bonds is 13. The minimum atomic E-state index is -0.996. The molecule has 0 aliphatic rings. The van der Waals surface area contributed by atoms with E-state index in [9.17, 15) is 24.0 Å². The number of ether oxygens (including phenoxy) is 2. The molecule has 0 radical (unpaired) electrons. The number of nitrogens with one attached hydrogen (secondary N) is 2. The van der Waals surface area contributed by atoms with E-state index in [0.29, 0.717) is 12.8 Å². The summed E-state index contributed by atoms with van der Waals surface area (Å²) in [5.41, 5.74) is 5.19.